The van der Waals surface area contributed by atoms with Gasteiger partial charge in [-0.15, -0.1) is 5.06 Å². The number of piperidine rings is 1. The third kappa shape index (κ3) is 6.90. The molecule has 1 aliphatic heterocycles. The Morgan fingerprint density at radius 2 is 1.58 bits per heavy atom. The van der Waals surface area contributed by atoms with Crippen molar-refractivity contribution >= 4 is 11.9 Å². The van der Waals surface area contributed by atoms with Crippen LogP contribution in [0.5, 0.6) is 0 Å². The lowest BCUT2D eigenvalue weighted by Crippen LogP contribution is -2.68. The molecule has 31 heavy (non-hydrogen) atoms. The Hall–Kier alpha value is -1.18. The lowest BCUT2D eigenvalue weighted by atomic mass is 9.75. The van der Waals surface area contributed by atoms with Crippen LogP contribution in [0.1, 0.15) is 94.9 Å². The minimum atomic E-state index is -0.842. The molecule has 182 valence electrons. The molecule has 0 saturated carbocycles. The van der Waals surface area contributed by atoms with E-state index in [1.165, 1.54) is 6.92 Å². The number of nitrogens with zero attached hydrogens (tertiary/aromatic N) is 1. The van der Waals surface area contributed by atoms with E-state index < -0.39 is 22.3 Å². The highest BCUT2D eigenvalue weighted by Gasteiger charge is 2.57. The number of methoxy groups -OCH3 is 1. The van der Waals surface area contributed by atoms with Gasteiger partial charge in [0.05, 0.1) is 29.7 Å². The van der Waals surface area contributed by atoms with Gasteiger partial charge in [0.15, 0.2) is 5.79 Å². The van der Waals surface area contributed by atoms with Crippen molar-refractivity contribution in [1.29, 1.82) is 0 Å². The molecule has 0 N–H and O–H groups in total. The highest BCUT2D eigenvalue weighted by atomic mass is 16.7. The van der Waals surface area contributed by atoms with Crippen LogP contribution in [0.2, 0.25) is 0 Å². The van der Waals surface area contributed by atoms with Gasteiger partial charge in [-0.1, -0.05) is 20.8 Å². The van der Waals surface area contributed by atoms with Crippen LogP contribution in [0, 0.1) is 10.8 Å². The summed E-state index contributed by atoms with van der Waals surface area (Å²) in [6, 6.07) is 0. The van der Waals surface area contributed by atoms with Gasteiger partial charge in [-0.25, -0.2) is 4.79 Å². The van der Waals surface area contributed by atoms with Crippen molar-refractivity contribution in [3.8, 4) is 0 Å². The van der Waals surface area contributed by atoms with Crippen LogP contribution >= 0.6 is 0 Å². The van der Waals surface area contributed by atoms with Crippen LogP contribution in [-0.2, 0) is 28.6 Å². The lowest BCUT2D eigenvalue weighted by Gasteiger charge is -2.58. The maximum atomic E-state index is 12.7. The van der Waals surface area contributed by atoms with E-state index in [1.807, 2.05) is 46.6 Å². The first-order valence-electron chi connectivity index (χ1n) is 11.3. The zero-order chi connectivity index (χ0) is 24.3. The number of esters is 1. The number of carbonyl (C=O) groups excluding carboxylic acids is 2. The van der Waals surface area contributed by atoms with E-state index in [0.29, 0.717) is 26.1 Å². The molecule has 1 fully saturated rings. The van der Waals surface area contributed by atoms with Crippen LogP contribution in [-0.4, -0.2) is 54.2 Å². The van der Waals surface area contributed by atoms with E-state index in [4.69, 9.17) is 19.0 Å². The summed E-state index contributed by atoms with van der Waals surface area (Å²) in [5.41, 5.74) is -1.91. The van der Waals surface area contributed by atoms with Crippen molar-refractivity contribution in [2.75, 3.05) is 20.3 Å². The second-order valence-electron chi connectivity index (χ2n) is 11.3. The van der Waals surface area contributed by atoms with Crippen LogP contribution in [0.3, 0.4) is 0 Å². The Morgan fingerprint density at radius 1 is 1.00 bits per heavy atom. The molecule has 7 nitrogen and oxygen atoms in total. The van der Waals surface area contributed by atoms with Gasteiger partial charge in [0.25, 0.3) is 0 Å². The molecule has 3 atom stereocenters. The monoisotopic (exact) mass is 443 g/mol. The van der Waals surface area contributed by atoms with E-state index in [0.717, 1.165) is 12.8 Å². The van der Waals surface area contributed by atoms with Crippen molar-refractivity contribution in [3.63, 3.8) is 0 Å². The molecule has 1 saturated heterocycles. The maximum Gasteiger partial charge on any atom is 0.330 e. The molecule has 1 aliphatic rings. The molecule has 0 spiro atoms. The third-order valence-corrected chi connectivity index (χ3v) is 6.47. The SMILES string of the molecule is CCC(C)(COC(C)=O)COC1(OC)CC(C)(C)N(OC(=O)C(C)(C)C)C(C)(CC)C1. The van der Waals surface area contributed by atoms with Crippen LogP contribution in [0.25, 0.3) is 0 Å². The highest BCUT2D eigenvalue weighted by molar-refractivity contribution is 5.75. The van der Waals surface area contributed by atoms with Gasteiger partial charge < -0.3 is 19.0 Å². The maximum absolute atomic E-state index is 12.7. The fourth-order valence-electron chi connectivity index (χ4n) is 4.03. The van der Waals surface area contributed by atoms with Gasteiger partial charge >= 0.3 is 11.9 Å². The molecular formula is C24H45NO6. The molecule has 0 aromatic heterocycles. The van der Waals surface area contributed by atoms with E-state index in [1.54, 1.807) is 7.11 Å². The molecule has 1 rings (SSSR count). The third-order valence-electron chi connectivity index (χ3n) is 6.47. The number of rotatable bonds is 9. The minimum absolute atomic E-state index is 0.258. The standard InChI is InChI=1S/C24H45NO6/c1-12-22(9,16-29-18(3)26)17-30-24(28-11)14-21(7,8)25(23(10,13-2)15-24)31-19(27)20(4,5)6/h12-17H2,1-11H3. The van der Waals surface area contributed by atoms with Crippen LogP contribution in [0.15, 0.2) is 0 Å². The topological polar surface area (TPSA) is 74.3 Å². The lowest BCUT2D eigenvalue weighted by molar-refractivity contribution is -0.349. The smallest absolute Gasteiger partial charge is 0.330 e. The zero-order valence-electron chi connectivity index (χ0n) is 21.6. The Bertz CT molecular complexity index is 642. The van der Waals surface area contributed by atoms with Crippen LogP contribution < -0.4 is 0 Å². The van der Waals surface area contributed by atoms with Gasteiger partial charge in [0, 0.05) is 32.3 Å². The predicted molar refractivity (Wildman–Crippen MR) is 120 cm³/mol. The fraction of sp³-hybridized carbons (Fsp3) is 0.917. The van der Waals surface area contributed by atoms with Crippen molar-refractivity contribution in [2.45, 2.75) is 112 Å². The summed E-state index contributed by atoms with van der Waals surface area (Å²) in [5, 5.41) is 1.85. The van der Waals surface area contributed by atoms with E-state index in [2.05, 4.69) is 20.8 Å². The summed E-state index contributed by atoms with van der Waals surface area (Å²) >= 11 is 0. The second kappa shape index (κ2) is 9.75. The summed E-state index contributed by atoms with van der Waals surface area (Å²) in [7, 11) is 1.67. The summed E-state index contributed by atoms with van der Waals surface area (Å²) in [4.78, 5) is 30.0. The summed E-state index contributed by atoms with van der Waals surface area (Å²) in [6.07, 6.45) is 2.61. The zero-order valence-corrected chi connectivity index (χ0v) is 21.6. The molecular weight excluding hydrogens is 398 g/mol. The van der Waals surface area contributed by atoms with E-state index in [9.17, 15) is 9.59 Å². The highest BCUT2D eigenvalue weighted by Crippen LogP contribution is 2.48. The van der Waals surface area contributed by atoms with Gasteiger partial charge in [0.2, 0.25) is 0 Å². The second-order valence-corrected chi connectivity index (χ2v) is 11.3. The summed E-state index contributed by atoms with van der Waals surface area (Å²) in [6.45, 7) is 20.0. The molecule has 0 radical (unpaired) electrons. The molecule has 7 heteroatoms. The Morgan fingerprint density at radius 3 is 2.00 bits per heavy atom. The van der Waals surface area contributed by atoms with Crippen LogP contribution in [0.4, 0.5) is 0 Å². The average molecular weight is 444 g/mol. The fourth-order valence-corrected chi connectivity index (χ4v) is 4.03. The van der Waals surface area contributed by atoms with E-state index >= 15 is 0 Å². The van der Waals surface area contributed by atoms with Crippen molar-refractivity contribution in [1.82, 2.24) is 5.06 Å². The predicted octanol–water partition coefficient (Wildman–Crippen LogP) is 4.87. The Balaban J connectivity index is 3.15. The number of ether oxygens (including phenoxy) is 3. The van der Waals surface area contributed by atoms with Crippen molar-refractivity contribution in [2.24, 2.45) is 10.8 Å². The van der Waals surface area contributed by atoms with Gasteiger partial charge in [-0.3, -0.25) is 4.79 Å². The Kier molecular flexibility index (Phi) is 8.76. The van der Waals surface area contributed by atoms with Gasteiger partial charge in [-0.2, -0.15) is 0 Å². The molecule has 3 unspecified atom stereocenters. The van der Waals surface area contributed by atoms with Crippen molar-refractivity contribution in [3.05, 3.63) is 0 Å². The number of carbonyl (C=O) groups is 2. The number of hydroxylamine groups is 2. The first-order valence-corrected chi connectivity index (χ1v) is 11.3. The first-order chi connectivity index (χ1) is 14.0. The largest absolute Gasteiger partial charge is 0.465 e. The van der Waals surface area contributed by atoms with E-state index in [-0.39, 0.29) is 17.4 Å². The summed E-state index contributed by atoms with van der Waals surface area (Å²) < 4.78 is 17.8. The van der Waals surface area contributed by atoms with Crippen molar-refractivity contribution < 1.29 is 28.6 Å². The molecule has 0 amide bonds. The molecule has 0 aromatic carbocycles. The molecule has 0 aromatic rings. The molecule has 0 bridgehead atoms. The number of hydrogen-bond acceptors (Lipinski definition) is 7. The Labute approximate surface area is 189 Å². The first kappa shape index (κ1) is 27.9. The normalized spacial score (nSPS) is 28.6. The van der Waals surface area contributed by atoms with Gasteiger partial charge in [0.1, 0.15) is 0 Å². The molecule has 0 aliphatic carbocycles. The molecule has 1 heterocycles. The number of hydrogen-bond donors (Lipinski definition) is 0. The average Bonchev–Trinajstić information content (AvgIpc) is 2.66. The summed E-state index contributed by atoms with van der Waals surface area (Å²) in [5.74, 6) is -1.40. The minimum Gasteiger partial charge on any atom is -0.465 e. The van der Waals surface area contributed by atoms with Gasteiger partial charge in [-0.05, 0) is 54.4 Å². The quantitative estimate of drug-likeness (QED) is 0.372.